The van der Waals surface area contributed by atoms with Gasteiger partial charge in [-0.15, -0.1) is 0 Å². The van der Waals surface area contributed by atoms with E-state index in [1.54, 1.807) is 0 Å². The Kier molecular flexibility index (Phi) is 4.38. The average Bonchev–Trinajstić information content (AvgIpc) is 2.12. The van der Waals surface area contributed by atoms with E-state index >= 15 is 0 Å². The minimum absolute atomic E-state index is 0.119. The van der Waals surface area contributed by atoms with Crippen LogP contribution in [0.25, 0.3) is 0 Å². The molecular formula is C13H27NO2. The number of rotatable bonds is 4. The van der Waals surface area contributed by atoms with Gasteiger partial charge in [0.05, 0.1) is 11.7 Å². The molecule has 0 heterocycles. The lowest BCUT2D eigenvalue weighted by Gasteiger charge is -2.45. The summed E-state index contributed by atoms with van der Waals surface area (Å²) >= 11 is 0. The molecule has 2 atom stereocenters. The Hall–Kier alpha value is -0.120. The third kappa shape index (κ3) is 3.72. The minimum atomic E-state index is -0.718. The molecule has 0 radical (unpaired) electrons. The van der Waals surface area contributed by atoms with Gasteiger partial charge in [0.1, 0.15) is 0 Å². The standard InChI is InChI=1S/C13H27NO2/c1-10(2)16-8-7-13(15)6-5-12(3,4)9-11(13)14/h10-11,15H,5-9,14H2,1-4H3. The van der Waals surface area contributed by atoms with Crippen LogP contribution in [0.4, 0.5) is 0 Å². The van der Waals surface area contributed by atoms with E-state index in [0.717, 1.165) is 19.3 Å². The molecule has 0 spiro atoms. The molecule has 3 nitrogen and oxygen atoms in total. The van der Waals surface area contributed by atoms with Crippen LogP contribution in [0.1, 0.15) is 53.4 Å². The molecule has 0 saturated heterocycles. The lowest BCUT2D eigenvalue weighted by Crippen LogP contribution is -2.54. The first-order valence-electron chi connectivity index (χ1n) is 6.35. The first-order valence-corrected chi connectivity index (χ1v) is 6.35. The molecular weight excluding hydrogens is 202 g/mol. The maximum absolute atomic E-state index is 10.5. The molecule has 1 fully saturated rings. The zero-order valence-corrected chi connectivity index (χ0v) is 11.1. The fraction of sp³-hybridized carbons (Fsp3) is 1.00. The van der Waals surface area contributed by atoms with Crippen molar-refractivity contribution in [3.8, 4) is 0 Å². The van der Waals surface area contributed by atoms with E-state index < -0.39 is 5.60 Å². The topological polar surface area (TPSA) is 55.5 Å². The molecule has 1 aliphatic rings. The van der Waals surface area contributed by atoms with Gasteiger partial charge in [0, 0.05) is 19.1 Å². The number of hydrogen-bond donors (Lipinski definition) is 2. The van der Waals surface area contributed by atoms with E-state index in [1.165, 1.54) is 0 Å². The van der Waals surface area contributed by atoms with Gasteiger partial charge in [-0.05, 0) is 38.5 Å². The largest absolute Gasteiger partial charge is 0.388 e. The molecule has 3 N–H and O–H groups in total. The number of ether oxygens (including phenoxy) is 1. The van der Waals surface area contributed by atoms with E-state index in [-0.39, 0.29) is 17.6 Å². The summed E-state index contributed by atoms with van der Waals surface area (Å²) in [6, 6.07) is -0.119. The van der Waals surface area contributed by atoms with Crippen molar-refractivity contribution in [2.45, 2.75) is 71.1 Å². The molecule has 1 rings (SSSR count). The summed E-state index contributed by atoms with van der Waals surface area (Å²) in [6.45, 7) is 9.05. The van der Waals surface area contributed by atoms with Crippen molar-refractivity contribution in [2.24, 2.45) is 11.1 Å². The minimum Gasteiger partial charge on any atom is -0.388 e. The van der Waals surface area contributed by atoms with E-state index in [9.17, 15) is 5.11 Å². The van der Waals surface area contributed by atoms with Gasteiger partial charge in [-0.25, -0.2) is 0 Å². The summed E-state index contributed by atoms with van der Waals surface area (Å²) in [5.41, 5.74) is 5.65. The van der Waals surface area contributed by atoms with Gasteiger partial charge in [-0.1, -0.05) is 13.8 Å². The Morgan fingerprint density at radius 2 is 2.00 bits per heavy atom. The fourth-order valence-corrected chi connectivity index (χ4v) is 2.41. The smallest absolute Gasteiger partial charge is 0.0820 e. The molecule has 1 saturated carbocycles. The molecule has 16 heavy (non-hydrogen) atoms. The summed E-state index contributed by atoms with van der Waals surface area (Å²) in [6.07, 6.45) is 3.61. The van der Waals surface area contributed by atoms with Crippen LogP contribution in [0, 0.1) is 5.41 Å². The quantitative estimate of drug-likeness (QED) is 0.776. The van der Waals surface area contributed by atoms with E-state index in [2.05, 4.69) is 13.8 Å². The Morgan fingerprint density at radius 3 is 2.50 bits per heavy atom. The van der Waals surface area contributed by atoms with Gasteiger partial charge in [-0.2, -0.15) is 0 Å². The van der Waals surface area contributed by atoms with Gasteiger partial charge < -0.3 is 15.6 Å². The second kappa shape index (κ2) is 5.03. The summed E-state index contributed by atoms with van der Waals surface area (Å²) in [4.78, 5) is 0. The summed E-state index contributed by atoms with van der Waals surface area (Å²) in [7, 11) is 0. The Balaban J connectivity index is 2.45. The van der Waals surface area contributed by atoms with Crippen molar-refractivity contribution in [3.05, 3.63) is 0 Å². The average molecular weight is 229 g/mol. The maximum Gasteiger partial charge on any atom is 0.0820 e. The Morgan fingerprint density at radius 1 is 1.38 bits per heavy atom. The highest BCUT2D eigenvalue weighted by Gasteiger charge is 2.42. The second-order valence-corrected chi connectivity index (χ2v) is 6.25. The highest BCUT2D eigenvalue weighted by Crippen LogP contribution is 2.40. The van der Waals surface area contributed by atoms with E-state index in [1.807, 2.05) is 13.8 Å². The molecule has 0 amide bonds. The molecule has 3 heteroatoms. The highest BCUT2D eigenvalue weighted by molar-refractivity contribution is 4.98. The third-order valence-electron chi connectivity index (χ3n) is 3.68. The summed E-state index contributed by atoms with van der Waals surface area (Å²) < 4.78 is 5.49. The van der Waals surface area contributed by atoms with Crippen LogP contribution in [-0.4, -0.2) is 29.5 Å². The molecule has 96 valence electrons. The Bertz CT molecular complexity index is 228. The van der Waals surface area contributed by atoms with Gasteiger partial charge in [0.2, 0.25) is 0 Å². The first-order chi connectivity index (χ1) is 7.25. The van der Waals surface area contributed by atoms with E-state index in [0.29, 0.717) is 13.0 Å². The number of hydrogen-bond acceptors (Lipinski definition) is 3. The molecule has 2 unspecified atom stereocenters. The molecule has 0 aromatic rings. The van der Waals surface area contributed by atoms with Crippen molar-refractivity contribution in [1.29, 1.82) is 0 Å². The zero-order chi connectivity index (χ0) is 12.4. The maximum atomic E-state index is 10.5. The van der Waals surface area contributed by atoms with Crippen LogP contribution < -0.4 is 5.73 Å². The lowest BCUT2D eigenvalue weighted by molar-refractivity contribution is -0.0701. The summed E-state index contributed by atoms with van der Waals surface area (Å²) in [5, 5.41) is 10.5. The summed E-state index contributed by atoms with van der Waals surface area (Å²) in [5.74, 6) is 0. The molecule has 0 aliphatic heterocycles. The third-order valence-corrected chi connectivity index (χ3v) is 3.68. The number of nitrogens with two attached hydrogens (primary N) is 1. The molecule has 0 bridgehead atoms. The number of aliphatic hydroxyl groups is 1. The van der Waals surface area contributed by atoms with Crippen molar-refractivity contribution in [1.82, 2.24) is 0 Å². The lowest BCUT2D eigenvalue weighted by atomic mass is 9.67. The van der Waals surface area contributed by atoms with Gasteiger partial charge in [-0.3, -0.25) is 0 Å². The van der Waals surface area contributed by atoms with Crippen LogP contribution >= 0.6 is 0 Å². The zero-order valence-electron chi connectivity index (χ0n) is 11.1. The predicted octanol–water partition coefficient (Wildman–Crippen LogP) is 2.07. The van der Waals surface area contributed by atoms with E-state index in [4.69, 9.17) is 10.5 Å². The Labute approximate surface area is 99.4 Å². The van der Waals surface area contributed by atoms with Crippen molar-refractivity contribution >= 4 is 0 Å². The van der Waals surface area contributed by atoms with Crippen LogP contribution in [0.3, 0.4) is 0 Å². The van der Waals surface area contributed by atoms with Crippen LogP contribution in [0.5, 0.6) is 0 Å². The molecule has 1 aliphatic carbocycles. The highest BCUT2D eigenvalue weighted by atomic mass is 16.5. The predicted molar refractivity (Wildman–Crippen MR) is 66.3 cm³/mol. The van der Waals surface area contributed by atoms with Crippen molar-refractivity contribution in [2.75, 3.05) is 6.61 Å². The first kappa shape index (κ1) is 13.9. The van der Waals surface area contributed by atoms with Crippen molar-refractivity contribution in [3.63, 3.8) is 0 Å². The fourth-order valence-electron chi connectivity index (χ4n) is 2.41. The van der Waals surface area contributed by atoms with Gasteiger partial charge in [0.25, 0.3) is 0 Å². The van der Waals surface area contributed by atoms with Crippen LogP contribution in [-0.2, 0) is 4.74 Å². The van der Waals surface area contributed by atoms with Gasteiger partial charge in [0.15, 0.2) is 0 Å². The van der Waals surface area contributed by atoms with Gasteiger partial charge >= 0.3 is 0 Å². The monoisotopic (exact) mass is 229 g/mol. The molecule has 0 aromatic carbocycles. The van der Waals surface area contributed by atoms with Crippen LogP contribution in [0.2, 0.25) is 0 Å². The second-order valence-electron chi connectivity index (χ2n) is 6.25. The van der Waals surface area contributed by atoms with Crippen molar-refractivity contribution < 1.29 is 9.84 Å². The van der Waals surface area contributed by atoms with Crippen LogP contribution in [0.15, 0.2) is 0 Å². The SMILES string of the molecule is CC(C)OCCC1(O)CCC(C)(C)CC1N. The normalized spacial score (nSPS) is 34.3. The molecule has 0 aromatic heterocycles.